The number of aryl methyl sites for hydroxylation is 1. The smallest absolute Gasteiger partial charge is 0.258 e. The average molecular weight is 345 g/mol. The summed E-state index contributed by atoms with van der Waals surface area (Å²) in [7, 11) is -3.33. The molecule has 1 atom stereocenters. The van der Waals surface area contributed by atoms with E-state index in [-0.39, 0.29) is 11.7 Å². The van der Waals surface area contributed by atoms with E-state index in [0.717, 1.165) is 11.0 Å². The molecule has 3 rings (SSSR count). The Morgan fingerprint density at radius 2 is 1.71 bits per heavy atom. The quantitative estimate of drug-likeness (QED) is 0.859. The van der Waals surface area contributed by atoms with E-state index in [2.05, 4.69) is 0 Å². The van der Waals surface area contributed by atoms with Crippen LogP contribution in [0.25, 0.3) is 0 Å². The molecular formula is C18H16FNO3S. The molecule has 1 aliphatic rings. The van der Waals surface area contributed by atoms with Crippen molar-refractivity contribution in [3.63, 3.8) is 0 Å². The molecular weight excluding hydrogens is 329 g/mol. The van der Waals surface area contributed by atoms with Crippen molar-refractivity contribution in [2.24, 2.45) is 0 Å². The summed E-state index contributed by atoms with van der Waals surface area (Å²) in [5.41, 5.74) is 1.92. The Labute approximate surface area is 140 Å². The number of anilines is 1. The molecule has 0 aliphatic carbocycles. The first kappa shape index (κ1) is 16.4. The first-order chi connectivity index (χ1) is 11.4. The van der Waals surface area contributed by atoms with Gasteiger partial charge in [-0.2, -0.15) is 0 Å². The third-order valence-electron chi connectivity index (χ3n) is 3.86. The van der Waals surface area contributed by atoms with Crippen LogP contribution in [0.4, 0.5) is 10.1 Å². The van der Waals surface area contributed by atoms with E-state index >= 15 is 0 Å². The molecule has 0 N–H and O–H groups in total. The number of amides is 1. The van der Waals surface area contributed by atoms with Gasteiger partial charge in [0.1, 0.15) is 5.82 Å². The van der Waals surface area contributed by atoms with Crippen molar-refractivity contribution in [3.05, 3.63) is 77.0 Å². The minimum absolute atomic E-state index is 0.179. The van der Waals surface area contributed by atoms with Gasteiger partial charge in [-0.3, -0.25) is 4.79 Å². The van der Waals surface area contributed by atoms with Crippen molar-refractivity contribution in [1.82, 2.24) is 0 Å². The maximum absolute atomic E-state index is 13.2. The molecule has 0 radical (unpaired) electrons. The Hall–Kier alpha value is -2.47. The number of nitrogens with zero attached hydrogens (tertiary/aromatic N) is 1. The SMILES string of the molecule is Cc1ccc(C(=O)N(c2ccc(F)cc2)C2C=CS(=O)(=O)C2)cc1. The number of carbonyl (C=O) groups is 1. The fraction of sp³-hybridized carbons (Fsp3) is 0.167. The molecule has 1 unspecified atom stereocenters. The zero-order valence-corrected chi connectivity index (χ0v) is 13.8. The summed E-state index contributed by atoms with van der Waals surface area (Å²) in [6.07, 6.45) is 1.49. The van der Waals surface area contributed by atoms with Gasteiger partial charge in [-0.25, -0.2) is 12.8 Å². The second-order valence-corrected chi connectivity index (χ2v) is 7.67. The van der Waals surface area contributed by atoms with E-state index < -0.39 is 21.7 Å². The predicted molar refractivity (Wildman–Crippen MR) is 91.1 cm³/mol. The topological polar surface area (TPSA) is 54.5 Å². The van der Waals surface area contributed by atoms with Gasteiger partial charge in [0.05, 0.1) is 11.8 Å². The molecule has 124 valence electrons. The Morgan fingerprint density at radius 3 is 2.25 bits per heavy atom. The molecule has 4 nitrogen and oxygen atoms in total. The van der Waals surface area contributed by atoms with Crippen molar-refractivity contribution in [3.8, 4) is 0 Å². The van der Waals surface area contributed by atoms with Crippen molar-refractivity contribution >= 4 is 21.4 Å². The van der Waals surface area contributed by atoms with E-state index in [1.165, 1.54) is 35.2 Å². The number of hydrogen-bond donors (Lipinski definition) is 0. The van der Waals surface area contributed by atoms with Crippen LogP contribution in [-0.4, -0.2) is 26.1 Å². The lowest BCUT2D eigenvalue weighted by Gasteiger charge is -2.28. The summed E-state index contributed by atoms with van der Waals surface area (Å²) >= 11 is 0. The molecule has 1 amide bonds. The molecule has 2 aromatic rings. The standard InChI is InChI=1S/C18H16FNO3S/c1-13-2-4-14(5-3-13)18(21)20(16-8-6-15(19)7-9-16)17-10-11-24(22,23)12-17/h2-11,17H,12H2,1H3. The van der Waals surface area contributed by atoms with Crippen molar-refractivity contribution in [2.45, 2.75) is 13.0 Å². The molecule has 6 heteroatoms. The van der Waals surface area contributed by atoms with E-state index in [4.69, 9.17) is 0 Å². The van der Waals surface area contributed by atoms with Gasteiger partial charge in [-0.05, 0) is 49.4 Å². The maximum Gasteiger partial charge on any atom is 0.258 e. The fourth-order valence-corrected chi connectivity index (χ4v) is 3.88. The van der Waals surface area contributed by atoms with Crippen molar-refractivity contribution in [1.29, 1.82) is 0 Å². The molecule has 0 spiro atoms. The molecule has 1 aliphatic heterocycles. The molecule has 0 aromatic heterocycles. The Bertz CT molecular complexity index is 887. The van der Waals surface area contributed by atoms with Crippen LogP contribution in [0.2, 0.25) is 0 Å². The van der Waals surface area contributed by atoms with Gasteiger partial charge in [-0.15, -0.1) is 0 Å². The van der Waals surface area contributed by atoms with Gasteiger partial charge in [0, 0.05) is 16.7 Å². The van der Waals surface area contributed by atoms with Gasteiger partial charge in [0.25, 0.3) is 5.91 Å². The van der Waals surface area contributed by atoms with Crippen LogP contribution in [0.5, 0.6) is 0 Å². The highest BCUT2D eigenvalue weighted by atomic mass is 32.2. The van der Waals surface area contributed by atoms with Gasteiger partial charge >= 0.3 is 0 Å². The highest BCUT2D eigenvalue weighted by Crippen LogP contribution is 2.25. The second-order valence-electron chi connectivity index (χ2n) is 5.74. The van der Waals surface area contributed by atoms with Gasteiger partial charge < -0.3 is 4.90 Å². The summed E-state index contributed by atoms with van der Waals surface area (Å²) < 4.78 is 36.7. The number of sulfone groups is 1. The summed E-state index contributed by atoms with van der Waals surface area (Å²) in [6, 6.07) is 11.8. The van der Waals surface area contributed by atoms with E-state index in [1.54, 1.807) is 12.1 Å². The lowest BCUT2D eigenvalue weighted by atomic mass is 10.1. The van der Waals surface area contributed by atoms with Crippen LogP contribution >= 0.6 is 0 Å². The Morgan fingerprint density at radius 1 is 1.08 bits per heavy atom. The first-order valence-corrected chi connectivity index (χ1v) is 9.14. The van der Waals surface area contributed by atoms with Crippen LogP contribution in [-0.2, 0) is 9.84 Å². The average Bonchev–Trinajstić information content (AvgIpc) is 2.90. The summed E-state index contributed by atoms with van der Waals surface area (Å²) in [5.74, 6) is -0.924. The van der Waals surface area contributed by atoms with Gasteiger partial charge in [0.15, 0.2) is 9.84 Å². The molecule has 2 aromatic carbocycles. The highest BCUT2D eigenvalue weighted by molar-refractivity contribution is 7.94. The number of hydrogen-bond acceptors (Lipinski definition) is 3. The van der Waals surface area contributed by atoms with Crippen LogP contribution in [0.1, 0.15) is 15.9 Å². The van der Waals surface area contributed by atoms with Crippen LogP contribution in [0, 0.1) is 12.7 Å². The van der Waals surface area contributed by atoms with Crippen molar-refractivity contribution < 1.29 is 17.6 Å². The summed E-state index contributed by atoms with van der Waals surface area (Å²) in [5, 5.41) is 1.12. The van der Waals surface area contributed by atoms with E-state index in [9.17, 15) is 17.6 Å². The minimum Gasteiger partial charge on any atom is -0.300 e. The van der Waals surface area contributed by atoms with Crippen LogP contribution in [0.15, 0.2) is 60.0 Å². The second kappa shape index (κ2) is 6.20. The molecule has 0 saturated carbocycles. The molecule has 0 saturated heterocycles. The number of halogens is 1. The molecule has 1 heterocycles. The molecule has 0 fully saturated rings. The predicted octanol–water partition coefficient (Wildman–Crippen LogP) is 3.09. The maximum atomic E-state index is 13.2. The number of carbonyl (C=O) groups excluding carboxylic acids is 1. The fourth-order valence-electron chi connectivity index (χ4n) is 2.62. The normalized spacial score (nSPS) is 18.5. The number of rotatable bonds is 3. The van der Waals surface area contributed by atoms with Gasteiger partial charge in [0.2, 0.25) is 0 Å². The largest absolute Gasteiger partial charge is 0.300 e. The summed E-state index contributed by atoms with van der Waals surface area (Å²) in [4.78, 5) is 14.3. The van der Waals surface area contributed by atoms with Crippen LogP contribution < -0.4 is 4.90 Å². The van der Waals surface area contributed by atoms with Crippen molar-refractivity contribution in [2.75, 3.05) is 10.7 Å². The number of benzene rings is 2. The molecule has 0 bridgehead atoms. The lowest BCUT2D eigenvalue weighted by Crippen LogP contribution is -2.41. The Balaban J connectivity index is 2.01. The third-order valence-corrected chi connectivity index (χ3v) is 5.24. The lowest BCUT2D eigenvalue weighted by molar-refractivity contribution is 0.0983. The monoisotopic (exact) mass is 345 g/mol. The van der Waals surface area contributed by atoms with E-state index in [1.807, 2.05) is 19.1 Å². The zero-order valence-electron chi connectivity index (χ0n) is 13.0. The summed E-state index contributed by atoms with van der Waals surface area (Å²) in [6.45, 7) is 1.91. The zero-order chi connectivity index (χ0) is 17.3. The first-order valence-electron chi connectivity index (χ1n) is 7.42. The highest BCUT2D eigenvalue weighted by Gasteiger charge is 2.32. The van der Waals surface area contributed by atoms with Crippen LogP contribution in [0.3, 0.4) is 0 Å². The van der Waals surface area contributed by atoms with E-state index in [0.29, 0.717) is 11.3 Å². The third kappa shape index (κ3) is 3.38. The Kier molecular flexibility index (Phi) is 4.24. The minimum atomic E-state index is -3.33. The molecule has 24 heavy (non-hydrogen) atoms. The van der Waals surface area contributed by atoms with Gasteiger partial charge in [-0.1, -0.05) is 17.7 Å².